The molecule has 1 aromatic carbocycles. The molecule has 0 aliphatic heterocycles. The van der Waals surface area contributed by atoms with Gasteiger partial charge in [0.25, 0.3) is 0 Å². The molecule has 5 N–H and O–H groups in total. The molecule has 1 heterocycles. The number of aromatic amines is 1. The number of anilines is 1. The number of rotatable bonds is 1. The number of nitrogens with two attached hydrogens (primary N) is 2. The highest BCUT2D eigenvalue weighted by Crippen LogP contribution is 2.20. The standard InChI is InChI=1S/C8H10N4/c9-4-5-2-1-3-6-7(5)11-12-8(6)10/h1-3H,4,9H2,(H3,10,11,12). The van der Waals surface area contributed by atoms with Crippen molar-refractivity contribution in [3.05, 3.63) is 23.8 Å². The van der Waals surface area contributed by atoms with Crippen LogP contribution in [0.15, 0.2) is 18.2 Å². The smallest absolute Gasteiger partial charge is 0.153 e. The zero-order valence-electron chi connectivity index (χ0n) is 6.54. The third-order valence-corrected chi connectivity index (χ3v) is 1.93. The molecular formula is C8H10N4. The third-order valence-electron chi connectivity index (χ3n) is 1.93. The lowest BCUT2D eigenvalue weighted by atomic mass is 10.1. The van der Waals surface area contributed by atoms with E-state index in [-0.39, 0.29) is 0 Å². The zero-order valence-corrected chi connectivity index (χ0v) is 6.54. The van der Waals surface area contributed by atoms with Crippen LogP contribution in [0.1, 0.15) is 5.56 Å². The maximum absolute atomic E-state index is 5.62. The topological polar surface area (TPSA) is 80.7 Å². The fourth-order valence-corrected chi connectivity index (χ4v) is 1.29. The Bertz CT molecular complexity index is 404. The summed E-state index contributed by atoms with van der Waals surface area (Å²) in [6.45, 7) is 0.499. The Morgan fingerprint density at radius 3 is 3.00 bits per heavy atom. The summed E-state index contributed by atoms with van der Waals surface area (Å²) in [6.07, 6.45) is 0. The quantitative estimate of drug-likeness (QED) is 0.574. The van der Waals surface area contributed by atoms with Crippen LogP contribution in [-0.4, -0.2) is 10.2 Å². The minimum Gasteiger partial charge on any atom is -0.382 e. The number of fused-ring (bicyclic) bond motifs is 1. The first-order valence-corrected chi connectivity index (χ1v) is 3.74. The van der Waals surface area contributed by atoms with E-state index in [9.17, 15) is 0 Å². The largest absolute Gasteiger partial charge is 0.382 e. The number of aromatic nitrogens is 2. The van der Waals surface area contributed by atoms with Gasteiger partial charge in [0.2, 0.25) is 0 Å². The molecule has 0 aliphatic carbocycles. The average Bonchev–Trinajstić information content (AvgIpc) is 2.48. The molecule has 0 aliphatic rings. The third kappa shape index (κ3) is 0.853. The van der Waals surface area contributed by atoms with Gasteiger partial charge in [-0.25, -0.2) is 0 Å². The lowest BCUT2D eigenvalue weighted by Crippen LogP contribution is -1.96. The van der Waals surface area contributed by atoms with E-state index in [0.29, 0.717) is 12.4 Å². The van der Waals surface area contributed by atoms with Gasteiger partial charge in [-0.2, -0.15) is 5.10 Å². The van der Waals surface area contributed by atoms with E-state index in [2.05, 4.69) is 10.2 Å². The van der Waals surface area contributed by atoms with Crippen molar-refractivity contribution in [1.29, 1.82) is 0 Å². The molecule has 4 nitrogen and oxygen atoms in total. The Hall–Kier alpha value is -1.55. The summed E-state index contributed by atoms with van der Waals surface area (Å²) in [7, 11) is 0. The number of nitrogen functional groups attached to an aromatic ring is 1. The summed E-state index contributed by atoms with van der Waals surface area (Å²) < 4.78 is 0. The first-order valence-electron chi connectivity index (χ1n) is 3.74. The maximum atomic E-state index is 5.62. The molecule has 2 rings (SSSR count). The monoisotopic (exact) mass is 162 g/mol. The molecule has 2 aromatic rings. The molecule has 0 amide bonds. The molecule has 1 aromatic heterocycles. The molecule has 0 fully saturated rings. The second-order valence-electron chi connectivity index (χ2n) is 2.65. The van der Waals surface area contributed by atoms with Gasteiger partial charge in [0.15, 0.2) is 5.82 Å². The number of benzene rings is 1. The molecule has 0 radical (unpaired) electrons. The molecule has 0 spiro atoms. The van der Waals surface area contributed by atoms with Crippen molar-refractivity contribution in [3.63, 3.8) is 0 Å². The van der Waals surface area contributed by atoms with Gasteiger partial charge in [-0.05, 0) is 11.6 Å². The van der Waals surface area contributed by atoms with E-state index < -0.39 is 0 Å². The number of hydrogen-bond donors (Lipinski definition) is 3. The molecule has 12 heavy (non-hydrogen) atoms. The summed E-state index contributed by atoms with van der Waals surface area (Å²) in [5.41, 5.74) is 13.1. The van der Waals surface area contributed by atoms with E-state index in [1.54, 1.807) is 0 Å². The lowest BCUT2D eigenvalue weighted by molar-refractivity contribution is 1.06. The van der Waals surface area contributed by atoms with Crippen molar-refractivity contribution in [1.82, 2.24) is 10.2 Å². The average molecular weight is 162 g/mol. The van der Waals surface area contributed by atoms with E-state index in [0.717, 1.165) is 16.5 Å². The Morgan fingerprint density at radius 2 is 2.25 bits per heavy atom. The number of H-pyrrole nitrogens is 1. The van der Waals surface area contributed by atoms with Gasteiger partial charge >= 0.3 is 0 Å². The maximum Gasteiger partial charge on any atom is 0.153 e. The second-order valence-corrected chi connectivity index (χ2v) is 2.65. The van der Waals surface area contributed by atoms with Gasteiger partial charge in [0.1, 0.15) is 0 Å². The zero-order chi connectivity index (χ0) is 8.55. The Balaban J connectivity index is 2.81. The molecule has 0 saturated heterocycles. The number of para-hydroxylation sites is 1. The van der Waals surface area contributed by atoms with Gasteiger partial charge in [-0.15, -0.1) is 0 Å². The molecule has 62 valence electrons. The van der Waals surface area contributed by atoms with Crippen LogP contribution in [0.2, 0.25) is 0 Å². The van der Waals surface area contributed by atoms with Crippen LogP contribution in [0.3, 0.4) is 0 Å². The minimum absolute atomic E-state index is 0.499. The molecular weight excluding hydrogens is 152 g/mol. The highest BCUT2D eigenvalue weighted by molar-refractivity contribution is 5.90. The predicted molar refractivity (Wildman–Crippen MR) is 48.4 cm³/mol. The summed E-state index contributed by atoms with van der Waals surface area (Å²) in [5.74, 6) is 0.528. The van der Waals surface area contributed by atoms with Crippen molar-refractivity contribution in [2.75, 3.05) is 5.73 Å². The molecule has 0 atom stereocenters. The molecule has 0 saturated carbocycles. The van der Waals surface area contributed by atoms with Crippen molar-refractivity contribution in [2.45, 2.75) is 6.54 Å². The van der Waals surface area contributed by atoms with E-state index in [1.807, 2.05) is 18.2 Å². The highest BCUT2D eigenvalue weighted by atomic mass is 15.1. The second kappa shape index (κ2) is 2.49. The van der Waals surface area contributed by atoms with Crippen LogP contribution in [0.4, 0.5) is 5.82 Å². The van der Waals surface area contributed by atoms with E-state index >= 15 is 0 Å². The lowest BCUT2D eigenvalue weighted by Gasteiger charge is -1.96. The van der Waals surface area contributed by atoms with Crippen LogP contribution in [0.25, 0.3) is 10.9 Å². The fourth-order valence-electron chi connectivity index (χ4n) is 1.29. The van der Waals surface area contributed by atoms with Crippen LogP contribution < -0.4 is 11.5 Å². The van der Waals surface area contributed by atoms with Gasteiger partial charge in [-0.1, -0.05) is 12.1 Å². The van der Waals surface area contributed by atoms with Crippen molar-refractivity contribution >= 4 is 16.7 Å². The van der Waals surface area contributed by atoms with Gasteiger partial charge < -0.3 is 11.5 Å². The number of nitrogens with one attached hydrogen (secondary N) is 1. The van der Waals surface area contributed by atoms with Crippen LogP contribution in [0, 0.1) is 0 Å². The van der Waals surface area contributed by atoms with Crippen LogP contribution in [-0.2, 0) is 6.54 Å². The van der Waals surface area contributed by atoms with Gasteiger partial charge in [0.05, 0.1) is 5.52 Å². The fraction of sp³-hybridized carbons (Fsp3) is 0.125. The van der Waals surface area contributed by atoms with Crippen molar-refractivity contribution < 1.29 is 0 Å². The van der Waals surface area contributed by atoms with Gasteiger partial charge in [-0.3, -0.25) is 5.10 Å². The molecule has 4 heteroatoms. The molecule has 0 bridgehead atoms. The van der Waals surface area contributed by atoms with E-state index in [4.69, 9.17) is 11.5 Å². The Kier molecular flexibility index (Phi) is 1.48. The SMILES string of the molecule is NCc1cccc2c(N)n[nH]c12. The minimum atomic E-state index is 0.499. The van der Waals surface area contributed by atoms with Crippen molar-refractivity contribution in [2.24, 2.45) is 5.73 Å². The van der Waals surface area contributed by atoms with Gasteiger partial charge in [0, 0.05) is 11.9 Å². The Morgan fingerprint density at radius 1 is 1.42 bits per heavy atom. The van der Waals surface area contributed by atoms with Crippen LogP contribution >= 0.6 is 0 Å². The van der Waals surface area contributed by atoms with Crippen molar-refractivity contribution in [3.8, 4) is 0 Å². The summed E-state index contributed by atoms with van der Waals surface area (Å²) in [6, 6.07) is 5.81. The summed E-state index contributed by atoms with van der Waals surface area (Å²) in [4.78, 5) is 0. The predicted octanol–water partition coefficient (Wildman–Crippen LogP) is 0.604. The summed E-state index contributed by atoms with van der Waals surface area (Å²) >= 11 is 0. The Labute approximate surface area is 69.6 Å². The van der Waals surface area contributed by atoms with E-state index in [1.165, 1.54) is 0 Å². The first-order chi connectivity index (χ1) is 5.83. The van der Waals surface area contributed by atoms with Crippen LogP contribution in [0.5, 0.6) is 0 Å². The number of hydrogen-bond acceptors (Lipinski definition) is 3. The molecule has 0 unspecified atom stereocenters. The summed E-state index contributed by atoms with van der Waals surface area (Å²) in [5, 5.41) is 7.70. The number of nitrogens with zero attached hydrogens (tertiary/aromatic N) is 1. The normalized spacial score (nSPS) is 10.8. The highest BCUT2D eigenvalue weighted by Gasteiger charge is 2.03. The first kappa shape index (κ1) is 7.12.